The number of hydrogen-bond donors (Lipinski definition) is 1. The van der Waals surface area contributed by atoms with Crippen LogP contribution in [0, 0.1) is 17.3 Å². The average molecular weight is 349 g/mol. The summed E-state index contributed by atoms with van der Waals surface area (Å²) in [6, 6.07) is 12.4. The number of aromatic nitrogens is 1. The zero-order chi connectivity index (χ0) is 17.7. The summed E-state index contributed by atoms with van der Waals surface area (Å²) in [7, 11) is 0. The Kier molecular flexibility index (Phi) is 3.82. The van der Waals surface area contributed by atoms with Crippen molar-refractivity contribution in [3.05, 3.63) is 53.7 Å². The quantitative estimate of drug-likeness (QED) is 0.821. The highest BCUT2D eigenvalue weighted by atomic mass is 16.5. The van der Waals surface area contributed by atoms with Crippen molar-refractivity contribution in [2.24, 2.45) is 17.3 Å². The number of ether oxygens (including phenoxy) is 1. The van der Waals surface area contributed by atoms with E-state index in [-0.39, 0.29) is 11.5 Å². The molecule has 5 rings (SSSR count). The van der Waals surface area contributed by atoms with Gasteiger partial charge in [-0.2, -0.15) is 0 Å². The van der Waals surface area contributed by atoms with Crippen LogP contribution in [0.3, 0.4) is 0 Å². The van der Waals surface area contributed by atoms with E-state index < -0.39 is 0 Å². The lowest BCUT2D eigenvalue weighted by molar-refractivity contribution is -0.0226. The van der Waals surface area contributed by atoms with Gasteiger partial charge in [0.05, 0.1) is 6.10 Å². The lowest BCUT2D eigenvalue weighted by atomic mass is 9.55. The van der Waals surface area contributed by atoms with Crippen LogP contribution in [0.4, 0.5) is 0 Å². The van der Waals surface area contributed by atoms with Gasteiger partial charge in [-0.15, -0.1) is 0 Å². The number of rotatable bonds is 2. The third-order valence-electron chi connectivity index (χ3n) is 7.51. The van der Waals surface area contributed by atoms with Crippen LogP contribution in [0.25, 0.3) is 0 Å². The Hall–Kier alpha value is -1.87. The van der Waals surface area contributed by atoms with E-state index in [9.17, 15) is 5.11 Å². The number of aliphatic hydroxyl groups excluding tert-OH is 1. The first-order valence-electron chi connectivity index (χ1n) is 10.0. The van der Waals surface area contributed by atoms with Gasteiger partial charge in [0, 0.05) is 12.3 Å². The summed E-state index contributed by atoms with van der Waals surface area (Å²) < 4.78 is 5.94. The van der Waals surface area contributed by atoms with E-state index in [1.54, 1.807) is 6.20 Å². The van der Waals surface area contributed by atoms with Crippen LogP contribution < -0.4 is 4.74 Å². The first kappa shape index (κ1) is 16.3. The van der Waals surface area contributed by atoms with E-state index in [0.29, 0.717) is 17.7 Å². The molecule has 3 aliphatic rings. The lowest BCUT2D eigenvalue weighted by Gasteiger charge is -2.50. The molecule has 0 saturated heterocycles. The van der Waals surface area contributed by atoms with Crippen LogP contribution in [0.1, 0.15) is 56.1 Å². The molecular formula is C23H27NO2. The second kappa shape index (κ2) is 6.09. The molecule has 0 radical (unpaired) electrons. The molecule has 1 heterocycles. The fourth-order valence-corrected chi connectivity index (χ4v) is 6.12. The molecule has 3 aliphatic carbocycles. The summed E-state index contributed by atoms with van der Waals surface area (Å²) in [5.74, 6) is 3.62. The molecule has 3 nitrogen and oxygen atoms in total. The molecule has 0 aliphatic heterocycles. The Balaban J connectivity index is 1.41. The average Bonchev–Trinajstić information content (AvgIpc) is 2.97. The summed E-state index contributed by atoms with van der Waals surface area (Å²) in [5, 5.41) is 10.5. The van der Waals surface area contributed by atoms with Crippen LogP contribution in [0.15, 0.2) is 42.6 Å². The highest BCUT2D eigenvalue weighted by molar-refractivity contribution is 5.41. The van der Waals surface area contributed by atoms with Crippen molar-refractivity contribution in [1.82, 2.24) is 4.98 Å². The SMILES string of the molecule is C[C@]12CC[C@@H]3c4ccc(Oc5ccccn5)cc4CC[C@H]3[C@@H]1CC[C@@H]2O. The molecule has 5 atom stereocenters. The van der Waals surface area contributed by atoms with Gasteiger partial charge in [-0.05, 0) is 91.0 Å². The van der Waals surface area contributed by atoms with Gasteiger partial charge in [-0.1, -0.05) is 19.1 Å². The van der Waals surface area contributed by atoms with Gasteiger partial charge in [-0.3, -0.25) is 0 Å². The number of benzene rings is 1. The second-order valence-corrected chi connectivity index (χ2v) is 8.68. The van der Waals surface area contributed by atoms with E-state index in [1.165, 1.54) is 30.4 Å². The highest BCUT2D eigenvalue weighted by Crippen LogP contribution is 2.60. The minimum absolute atomic E-state index is 0.0935. The van der Waals surface area contributed by atoms with Crippen LogP contribution in [0.2, 0.25) is 0 Å². The van der Waals surface area contributed by atoms with Crippen molar-refractivity contribution in [1.29, 1.82) is 0 Å². The zero-order valence-electron chi connectivity index (χ0n) is 15.4. The molecule has 0 amide bonds. The predicted molar refractivity (Wildman–Crippen MR) is 101 cm³/mol. The van der Waals surface area contributed by atoms with Crippen molar-refractivity contribution < 1.29 is 9.84 Å². The predicted octanol–water partition coefficient (Wildman–Crippen LogP) is 5.09. The topological polar surface area (TPSA) is 42.4 Å². The van der Waals surface area contributed by atoms with Gasteiger partial charge in [0.2, 0.25) is 5.88 Å². The fraction of sp³-hybridized carbons (Fsp3) is 0.522. The van der Waals surface area contributed by atoms with Crippen molar-refractivity contribution in [3.63, 3.8) is 0 Å². The minimum Gasteiger partial charge on any atom is -0.439 e. The highest BCUT2D eigenvalue weighted by Gasteiger charge is 2.54. The summed E-state index contributed by atoms with van der Waals surface area (Å²) >= 11 is 0. The maximum absolute atomic E-state index is 10.5. The standard InChI is InChI=1S/C23H27NO2/c1-23-12-11-18-17-8-6-16(26-22-4-2-3-13-24-22)14-15(17)5-7-19(18)20(23)9-10-21(23)25/h2-4,6,8,13-14,18-21,25H,5,7,9-12H2,1H3/t18-,19-,20+,21+,23+/m1/s1. The first-order chi connectivity index (χ1) is 12.6. The largest absolute Gasteiger partial charge is 0.439 e. The van der Waals surface area contributed by atoms with Gasteiger partial charge < -0.3 is 9.84 Å². The molecule has 1 N–H and O–H groups in total. The summed E-state index contributed by atoms with van der Waals surface area (Å²) in [5.41, 5.74) is 3.13. The monoisotopic (exact) mass is 349 g/mol. The van der Waals surface area contributed by atoms with E-state index >= 15 is 0 Å². The van der Waals surface area contributed by atoms with Crippen molar-refractivity contribution in [3.8, 4) is 11.6 Å². The van der Waals surface area contributed by atoms with Crippen molar-refractivity contribution >= 4 is 0 Å². The van der Waals surface area contributed by atoms with Crippen LogP contribution in [-0.2, 0) is 6.42 Å². The molecule has 2 saturated carbocycles. The second-order valence-electron chi connectivity index (χ2n) is 8.68. The molecule has 1 aromatic heterocycles. The minimum atomic E-state index is -0.0935. The van der Waals surface area contributed by atoms with Crippen molar-refractivity contribution in [2.75, 3.05) is 0 Å². The lowest BCUT2D eigenvalue weighted by Crippen LogP contribution is -2.43. The van der Waals surface area contributed by atoms with Gasteiger partial charge in [0.1, 0.15) is 5.75 Å². The van der Waals surface area contributed by atoms with Crippen LogP contribution >= 0.6 is 0 Å². The van der Waals surface area contributed by atoms with Gasteiger partial charge >= 0.3 is 0 Å². The molecule has 136 valence electrons. The summed E-state index contributed by atoms with van der Waals surface area (Å²) in [6.07, 6.45) is 8.60. The van der Waals surface area contributed by atoms with Crippen LogP contribution in [-0.4, -0.2) is 16.2 Å². The number of hydrogen-bond acceptors (Lipinski definition) is 3. The van der Waals surface area contributed by atoms with Crippen molar-refractivity contribution in [2.45, 2.75) is 57.5 Å². The summed E-state index contributed by atoms with van der Waals surface area (Å²) in [6.45, 7) is 2.34. The number of nitrogens with zero attached hydrogens (tertiary/aromatic N) is 1. The number of fused-ring (bicyclic) bond motifs is 5. The van der Waals surface area contributed by atoms with E-state index in [2.05, 4.69) is 30.1 Å². The molecule has 26 heavy (non-hydrogen) atoms. The molecule has 1 aromatic carbocycles. The zero-order valence-corrected chi connectivity index (χ0v) is 15.4. The molecule has 0 spiro atoms. The Labute approximate surface area is 155 Å². The third kappa shape index (κ3) is 2.48. The molecule has 2 aromatic rings. The van der Waals surface area contributed by atoms with Gasteiger partial charge in [0.25, 0.3) is 0 Å². The molecular weight excluding hydrogens is 322 g/mol. The molecule has 0 bridgehead atoms. The molecule has 2 fully saturated rings. The van der Waals surface area contributed by atoms with Crippen LogP contribution in [0.5, 0.6) is 11.6 Å². The first-order valence-corrected chi connectivity index (χ1v) is 10.0. The van der Waals surface area contributed by atoms with E-state index in [4.69, 9.17) is 4.74 Å². The Morgan fingerprint density at radius 1 is 1.12 bits per heavy atom. The molecule has 0 unspecified atom stereocenters. The molecule has 3 heteroatoms. The number of pyridine rings is 1. The smallest absolute Gasteiger partial charge is 0.219 e. The maximum Gasteiger partial charge on any atom is 0.219 e. The normalized spacial score (nSPS) is 35.3. The Morgan fingerprint density at radius 3 is 2.88 bits per heavy atom. The van der Waals surface area contributed by atoms with Gasteiger partial charge in [-0.25, -0.2) is 4.98 Å². The maximum atomic E-state index is 10.5. The third-order valence-corrected chi connectivity index (χ3v) is 7.51. The summed E-state index contributed by atoms with van der Waals surface area (Å²) in [4.78, 5) is 4.26. The van der Waals surface area contributed by atoms with E-state index in [1.807, 2.05) is 18.2 Å². The Morgan fingerprint density at radius 2 is 2.04 bits per heavy atom. The Bertz CT molecular complexity index is 805. The van der Waals surface area contributed by atoms with E-state index in [0.717, 1.165) is 30.9 Å². The fourth-order valence-electron chi connectivity index (χ4n) is 6.12. The van der Waals surface area contributed by atoms with Gasteiger partial charge in [0.15, 0.2) is 0 Å². The number of aliphatic hydroxyl groups is 1. The number of aryl methyl sites for hydroxylation is 1.